The van der Waals surface area contributed by atoms with Crippen LogP contribution in [0.4, 0.5) is 0 Å². The Morgan fingerprint density at radius 2 is 2.18 bits per heavy atom. The Labute approximate surface area is 80.2 Å². The van der Waals surface area contributed by atoms with Gasteiger partial charge in [0.25, 0.3) is 0 Å². The average Bonchev–Trinajstić information content (AvgIpc) is 2.04. The molecule has 0 heterocycles. The van der Waals surface area contributed by atoms with Crippen molar-refractivity contribution in [3.63, 3.8) is 0 Å². The Hall–Kier alpha value is 0.0762. The zero-order chi connectivity index (χ0) is 8.27. The van der Waals surface area contributed by atoms with Gasteiger partial charge in [-0.25, -0.2) is 0 Å². The standard InChI is InChI=1S/C8H9O.ClH.Mg/c1-7-5-3-4-6-8(7)9-2;;/h4-6H,1-2H3;1H;/q;;+1/p-1. The maximum atomic E-state index is 5.79. The Kier molecular flexibility index (Phi) is 3.49. The van der Waals surface area contributed by atoms with Crippen molar-refractivity contribution in [2.45, 2.75) is 6.92 Å². The Balaban J connectivity index is 2.99. The molecule has 0 radical (unpaired) electrons. The van der Waals surface area contributed by atoms with E-state index in [1.165, 1.54) is 3.69 Å². The summed E-state index contributed by atoms with van der Waals surface area (Å²) in [6.45, 7) is 2.03. The minimum Gasteiger partial charge on any atom is -0.496 e. The van der Waals surface area contributed by atoms with Crippen LogP contribution in [-0.2, 0) is 0 Å². The van der Waals surface area contributed by atoms with Crippen molar-refractivity contribution in [3.05, 3.63) is 23.8 Å². The lowest BCUT2D eigenvalue weighted by molar-refractivity contribution is 0.412. The van der Waals surface area contributed by atoms with Crippen molar-refractivity contribution in [2.75, 3.05) is 7.11 Å². The second kappa shape index (κ2) is 4.19. The van der Waals surface area contributed by atoms with Crippen molar-refractivity contribution < 1.29 is 4.74 Å². The molecule has 3 heteroatoms. The van der Waals surface area contributed by atoms with Crippen LogP contribution in [0.2, 0.25) is 0 Å². The number of methoxy groups -OCH3 is 1. The minimum absolute atomic E-state index is 0.537. The van der Waals surface area contributed by atoms with Crippen molar-refractivity contribution in [1.29, 1.82) is 0 Å². The monoisotopic (exact) mass is 180 g/mol. The molecule has 11 heavy (non-hydrogen) atoms. The number of hydrogen-bond donors (Lipinski definition) is 0. The van der Waals surface area contributed by atoms with Crippen molar-refractivity contribution in [1.82, 2.24) is 0 Å². The molecule has 1 aromatic carbocycles. The topological polar surface area (TPSA) is 9.23 Å². The summed E-state index contributed by atoms with van der Waals surface area (Å²) in [6, 6.07) is 6.10. The van der Waals surface area contributed by atoms with Gasteiger partial charge in [0.2, 0.25) is 0 Å². The third-order valence-corrected chi connectivity index (χ3v) is 3.29. The van der Waals surface area contributed by atoms with Gasteiger partial charge in [-0.3, -0.25) is 0 Å². The van der Waals surface area contributed by atoms with E-state index >= 15 is 0 Å². The van der Waals surface area contributed by atoms with E-state index in [4.69, 9.17) is 13.8 Å². The molecule has 1 aromatic rings. The summed E-state index contributed by atoms with van der Waals surface area (Å²) in [5.41, 5.74) is 1.16. The molecule has 0 aliphatic rings. The third kappa shape index (κ3) is 2.25. The molecule has 0 aliphatic carbocycles. The number of aryl methyl sites for hydroxylation is 1. The lowest BCUT2D eigenvalue weighted by Crippen LogP contribution is -2.08. The third-order valence-electron chi connectivity index (χ3n) is 1.61. The van der Waals surface area contributed by atoms with Crippen molar-refractivity contribution >= 4 is 32.0 Å². The van der Waals surface area contributed by atoms with E-state index in [9.17, 15) is 0 Å². The molecule has 0 aromatic heterocycles. The van der Waals surface area contributed by atoms with E-state index in [1.54, 1.807) is 7.11 Å². The minimum atomic E-state index is -0.537. The van der Waals surface area contributed by atoms with E-state index in [-0.39, 0.29) is 0 Å². The quantitative estimate of drug-likeness (QED) is 0.627. The molecule has 0 bridgehead atoms. The summed E-state index contributed by atoms with van der Waals surface area (Å²) in [6.07, 6.45) is 0. The van der Waals surface area contributed by atoms with E-state index in [2.05, 4.69) is 6.07 Å². The van der Waals surface area contributed by atoms with Gasteiger partial charge in [0.1, 0.15) is 5.75 Å². The molecule has 0 saturated heterocycles. The fraction of sp³-hybridized carbons (Fsp3) is 0.250. The van der Waals surface area contributed by atoms with Gasteiger partial charge in [0.15, 0.2) is 0 Å². The molecule has 1 rings (SSSR count). The van der Waals surface area contributed by atoms with Crippen LogP contribution in [0.25, 0.3) is 0 Å². The first-order valence-corrected chi connectivity index (χ1v) is 6.32. The molecular weight excluding hydrogens is 172 g/mol. The molecular formula is C8H9ClMgO. The van der Waals surface area contributed by atoms with Crippen LogP contribution >= 0.6 is 9.07 Å². The zero-order valence-electron chi connectivity index (χ0n) is 6.73. The number of benzene rings is 1. The highest BCUT2D eigenvalue weighted by atomic mass is 35.5. The van der Waals surface area contributed by atoms with Gasteiger partial charge in [0, 0.05) is 0 Å². The first-order chi connectivity index (χ1) is 5.27. The average molecular weight is 181 g/mol. The largest absolute Gasteiger partial charge is 0.538 e. The molecule has 56 valence electrons. The van der Waals surface area contributed by atoms with Gasteiger partial charge in [-0.05, 0) is 18.6 Å². The Bertz CT molecular complexity index is 250. The summed E-state index contributed by atoms with van der Waals surface area (Å²) in [4.78, 5) is 0. The normalized spacial score (nSPS) is 9.00. The molecule has 1 nitrogen and oxygen atoms in total. The van der Waals surface area contributed by atoms with Crippen molar-refractivity contribution in [3.8, 4) is 5.75 Å². The molecule has 0 N–H and O–H groups in total. The summed E-state index contributed by atoms with van der Waals surface area (Å²) >= 11 is -0.537. The first kappa shape index (κ1) is 9.17. The summed E-state index contributed by atoms with van der Waals surface area (Å²) in [7, 11) is 7.47. The first-order valence-electron chi connectivity index (χ1n) is 3.47. The molecule has 0 spiro atoms. The predicted molar refractivity (Wildman–Crippen MR) is 49.0 cm³/mol. The fourth-order valence-corrected chi connectivity index (χ4v) is 2.11. The van der Waals surface area contributed by atoms with Crippen LogP contribution in [-0.4, -0.2) is 26.4 Å². The number of halogens is 1. The number of ether oxygens (including phenoxy) is 1. The number of rotatable bonds is 2. The molecule has 0 saturated carbocycles. The van der Waals surface area contributed by atoms with E-state index < -0.39 is 19.3 Å². The second-order valence-corrected chi connectivity index (χ2v) is 4.32. The highest BCUT2D eigenvalue weighted by Gasteiger charge is 1.99. The van der Waals surface area contributed by atoms with Crippen LogP contribution in [0.15, 0.2) is 18.2 Å². The highest BCUT2D eigenvalue weighted by molar-refractivity contribution is 7.01. The second-order valence-electron chi connectivity index (χ2n) is 2.44. The van der Waals surface area contributed by atoms with E-state index in [1.807, 2.05) is 19.1 Å². The smallest absolute Gasteiger partial charge is 0.496 e. The van der Waals surface area contributed by atoms with Crippen LogP contribution in [0, 0.1) is 6.92 Å². The summed E-state index contributed by atoms with van der Waals surface area (Å²) < 4.78 is 6.39. The number of hydrogen-bond acceptors (Lipinski definition) is 1. The van der Waals surface area contributed by atoms with Gasteiger partial charge < -0.3 is 13.8 Å². The maximum Gasteiger partial charge on any atom is 0.538 e. The Morgan fingerprint density at radius 1 is 1.45 bits per heavy atom. The molecule has 0 aliphatic heterocycles. The van der Waals surface area contributed by atoms with Gasteiger partial charge in [0.05, 0.1) is 7.11 Å². The molecule has 0 amide bonds. The Morgan fingerprint density at radius 3 is 2.64 bits per heavy atom. The van der Waals surface area contributed by atoms with E-state index in [0.29, 0.717) is 0 Å². The fourth-order valence-electron chi connectivity index (χ4n) is 1.02. The maximum absolute atomic E-state index is 5.79. The SMILES string of the molecule is COc1cc[c]([Mg][Cl])cc1C. The van der Waals surface area contributed by atoms with Gasteiger partial charge >= 0.3 is 19.3 Å². The summed E-state index contributed by atoms with van der Waals surface area (Å²) in [5, 5.41) is 0. The van der Waals surface area contributed by atoms with Crippen LogP contribution in [0.1, 0.15) is 5.56 Å². The van der Waals surface area contributed by atoms with Crippen molar-refractivity contribution in [2.24, 2.45) is 0 Å². The summed E-state index contributed by atoms with van der Waals surface area (Å²) in [5.74, 6) is 0.938. The molecule has 0 unspecified atom stereocenters. The van der Waals surface area contributed by atoms with Crippen LogP contribution < -0.4 is 8.43 Å². The molecule has 0 fully saturated rings. The van der Waals surface area contributed by atoms with Gasteiger partial charge in [-0.1, -0.05) is 12.1 Å². The highest BCUT2D eigenvalue weighted by Crippen LogP contribution is 2.13. The lowest BCUT2D eigenvalue weighted by atomic mass is 10.2. The zero-order valence-corrected chi connectivity index (χ0v) is 8.90. The van der Waals surface area contributed by atoms with Crippen LogP contribution in [0.3, 0.4) is 0 Å². The molecule has 0 atom stereocenters. The van der Waals surface area contributed by atoms with Gasteiger partial charge in [-0.15, -0.1) is 3.69 Å². The predicted octanol–water partition coefficient (Wildman–Crippen LogP) is 1.49. The van der Waals surface area contributed by atoms with E-state index in [0.717, 1.165) is 11.3 Å². The van der Waals surface area contributed by atoms with Crippen LogP contribution in [0.5, 0.6) is 5.75 Å². The lowest BCUT2D eigenvalue weighted by Gasteiger charge is -2.04. The van der Waals surface area contributed by atoms with Gasteiger partial charge in [-0.2, -0.15) is 0 Å².